The molecule has 0 fully saturated rings. The first-order valence-electron chi connectivity index (χ1n) is 9.65. The highest BCUT2D eigenvalue weighted by molar-refractivity contribution is 6.03. The molecular formula is C24H28N2O3. The molecule has 0 saturated heterocycles. The number of methoxy groups -OCH3 is 2. The minimum Gasteiger partial charge on any atom is -0.493 e. The number of ether oxygens (including phenoxy) is 2. The van der Waals surface area contributed by atoms with Crippen molar-refractivity contribution in [2.24, 2.45) is 0 Å². The largest absolute Gasteiger partial charge is 0.493 e. The van der Waals surface area contributed by atoms with Crippen molar-refractivity contribution in [2.75, 3.05) is 26.6 Å². The number of aryl methyl sites for hydroxylation is 1. The highest BCUT2D eigenvalue weighted by Gasteiger charge is 2.20. The van der Waals surface area contributed by atoms with Crippen molar-refractivity contribution in [3.63, 3.8) is 0 Å². The molecule has 0 saturated carbocycles. The number of fused-ring (bicyclic) bond motifs is 1. The van der Waals surface area contributed by atoms with Crippen LogP contribution in [-0.4, -0.2) is 38.1 Å². The van der Waals surface area contributed by atoms with Gasteiger partial charge in [-0.25, -0.2) is 0 Å². The monoisotopic (exact) mass is 392 g/mol. The zero-order valence-electron chi connectivity index (χ0n) is 17.7. The predicted octanol–water partition coefficient (Wildman–Crippen LogP) is 4.62. The lowest BCUT2D eigenvalue weighted by atomic mass is 10.1. The average Bonchev–Trinajstić information content (AvgIpc) is 2.74. The van der Waals surface area contributed by atoms with Crippen LogP contribution in [0.15, 0.2) is 54.6 Å². The van der Waals surface area contributed by atoms with Crippen molar-refractivity contribution in [1.29, 1.82) is 0 Å². The van der Waals surface area contributed by atoms with Gasteiger partial charge in [-0.3, -0.25) is 9.69 Å². The maximum Gasteiger partial charge on any atom is 0.241 e. The molecule has 1 amide bonds. The third kappa shape index (κ3) is 4.51. The first kappa shape index (κ1) is 20.7. The maximum atomic E-state index is 12.9. The lowest BCUT2D eigenvalue weighted by Gasteiger charge is -2.25. The number of amides is 1. The Labute approximate surface area is 172 Å². The molecule has 0 aliphatic heterocycles. The SMILES string of the molecule is COc1cc(C)c(CN(C)[C@@H](C)C(=O)Nc2cccc3ccccc23)cc1OC. The van der Waals surface area contributed by atoms with Crippen LogP contribution in [0, 0.1) is 6.92 Å². The molecule has 3 rings (SSSR count). The smallest absolute Gasteiger partial charge is 0.241 e. The highest BCUT2D eigenvalue weighted by Crippen LogP contribution is 2.31. The van der Waals surface area contributed by atoms with E-state index in [0.717, 1.165) is 27.6 Å². The minimum absolute atomic E-state index is 0.0398. The van der Waals surface area contributed by atoms with E-state index in [1.807, 2.05) is 80.4 Å². The topological polar surface area (TPSA) is 50.8 Å². The first-order valence-corrected chi connectivity index (χ1v) is 9.65. The average molecular weight is 392 g/mol. The number of nitrogens with zero attached hydrogens (tertiary/aromatic N) is 1. The molecular weight excluding hydrogens is 364 g/mol. The number of benzene rings is 3. The number of hydrogen-bond acceptors (Lipinski definition) is 4. The van der Waals surface area contributed by atoms with Crippen molar-refractivity contribution < 1.29 is 14.3 Å². The van der Waals surface area contributed by atoms with E-state index in [1.54, 1.807) is 14.2 Å². The molecule has 3 aromatic rings. The van der Waals surface area contributed by atoms with Crippen LogP contribution in [0.5, 0.6) is 11.5 Å². The summed E-state index contributed by atoms with van der Waals surface area (Å²) in [7, 11) is 5.20. The van der Waals surface area contributed by atoms with E-state index in [1.165, 1.54) is 0 Å². The standard InChI is InChI=1S/C24H28N2O3/c1-16-13-22(28-4)23(29-5)14-19(16)15-26(3)17(2)24(27)25-21-12-8-10-18-9-6-7-11-20(18)21/h6-14,17H,15H2,1-5H3,(H,25,27)/t17-/m0/s1. The molecule has 0 aromatic heterocycles. The van der Waals surface area contributed by atoms with Gasteiger partial charge in [0.25, 0.3) is 0 Å². The van der Waals surface area contributed by atoms with Crippen LogP contribution in [0.4, 0.5) is 5.69 Å². The van der Waals surface area contributed by atoms with Crippen LogP contribution in [0.25, 0.3) is 10.8 Å². The Morgan fingerprint density at radius 2 is 1.69 bits per heavy atom. The Morgan fingerprint density at radius 3 is 2.41 bits per heavy atom. The Bertz CT molecular complexity index is 1010. The van der Waals surface area contributed by atoms with Gasteiger partial charge in [0.15, 0.2) is 11.5 Å². The molecule has 1 N–H and O–H groups in total. The number of anilines is 1. The number of rotatable bonds is 7. The van der Waals surface area contributed by atoms with Crippen molar-refractivity contribution in [2.45, 2.75) is 26.4 Å². The second-order valence-corrected chi connectivity index (χ2v) is 7.24. The zero-order valence-corrected chi connectivity index (χ0v) is 17.7. The number of carbonyl (C=O) groups is 1. The van der Waals surface area contributed by atoms with Crippen LogP contribution in [-0.2, 0) is 11.3 Å². The second-order valence-electron chi connectivity index (χ2n) is 7.24. The van der Waals surface area contributed by atoms with Crippen LogP contribution in [0.1, 0.15) is 18.1 Å². The zero-order chi connectivity index (χ0) is 21.0. The molecule has 29 heavy (non-hydrogen) atoms. The third-order valence-corrected chi connectivity index (χ3v) is 5.35. The van der Waals surface area contributed by atoms with Crippen molar-refractivity contribution >= 4 is 22.4 Å². The number of carbonyl (C=O) groups excluding carboxylic acids is 1. The van der Waals surface area contributed by atoms with E-state index in [9.17, 15) is 4.79 Å². The van der Waals surface area contributed by atoms with Crippen LogP contribution in [0.2, 0.25) is 0 Å². The van der Waals surface area contributed by atoms with E-state index in [0.29, 0.717) is 18.0 Å². The fourth-order valence-electron chi connectivity index (χ4n) is 3.37. The molecule has 0 spiro atoms. The Kier molecular flexibility index (Phi) is 6.39. The maximum absolute atomic E-state index is 12.9. The third-order valence-electron chi connectivity index (χ3n) is 5.35. The summed E-state index contributed by atoms with van der Waals surface area (Å²) in [5, 5.41) is 5.22. The molecule has 0 aliphatic rings. The second kappa shape index (κ2) is 8.97. The van der Waals surface area contributed by atoms with Gasteiger partial charge in [-0.2, -0.15) is 0 Å². The summed E-state index contributed by atoms with van der Waals surface area (Å²) in [6, 6.07) is 17.6. The molecule has 0 unspecified atom stereocenters. The van der Waals surface area contributed by atoms with Gasteiger partial charge in [-0.05, 0) is 55.6 Å². The van der Waals surface area contributed by atoms with Gasteiger partial charge in [0, 0.05) is 17.6 Å². The number of nitrogens with one attached hydrogen (secondary N) is 1. The van der Waals surface area contributed by atoms with E-state index >= 15 is 0 Å². The number of likely N-dealkylation sites (N-methyl/N-ethyl adjacent to an activating group) is 1. The Balaban J connectivity index is 1.74. The van der Waals surface area contributed by atoms with Gasteiger partial charge in [-0.1, -0.05) is 36.4 Å². The quantitative estimate of drug-likeness (QED) is 0.637. The summed E-state index contributed by atoms with van der Waals surface area (Å²) in [6.07, 6.45) is 0. The summed E-state index contributed by atoms with van der Waals surface area (Å²) in [5.41, 5.74) is 3.02. The van der Waals surface area contributed by atoms with Gasteiger partial charge >= 0.3 is 0 Å². The van der Waals surface area contributed by atoms with E-state index in [-0.39, 0.29) is 11.9 Å². The van der Waals surface area contributed by atoms with Crippen molar-refractivity contribution in [3.8, 4) is 11.5 Å². The molecule has 0 heterocycles. The summed E-state index contributed by atoms with van der Waals surface area (Å²) in [6.45, 7) is 4.57. The fraction of sp³-hybridized carbons (Fsp3) is 0.292. The Morgan fingerprint density at radius 1 is 1.03 bits per heavy atom. The van der Waals surface area contributed by atoms with Crippen LogP contribution < -0.4 is 14.8 Å². The molecule has 1 atom stereocenters. The van der Waals surface area contributed by atoms with Gasteiger partial charge in [-0.15, -0.1) is 0 Å². The summed E-state index contributed by atoms with van der Waals surface area (Å²) < 4.78 is 10.8. The van der Waals surface area contributed by atoms with Gasteiger partial charge < -0.3 is 14.8 Å². The van der Waals surface area contributed by atoms with Crippen LogP contribution in [0.3, 0.4) is 0 Å². The molecule has 5 heteroatoms. The summed E-state index contributed by atoms with van der Waals surface area (Å²) >= 11 is 0. The summed E-state index contributed by atoms with van der Waals surface area (Å²) in [5.74, 6) is 1.36. The summed E-state index contributed by atoms with van der Waals surface area (Å²) in [4.78, 5) is 14.9. The molecule has 3 aromatic carbocycles. The lowest BCUT2D eigenvalue weighted by Crippen LogP contribution is -2.39. The molecule has 0 radical (unpaired) electrons. The van der Waals surface area contributed by atoms with E-state index in [2.05, 4.69) is 5.32 Å². The van der Waals surface area contributed by atoms with Gasteiger partial charge in [0.2, 0.25) is 5.91 Å². The fourth-order valence-corrected chi connectivity index (χ4v) is 3.37. The molecule has 5 nitrogen and oxygen atoms in total. The molecule has 152 valence electrons. The highest BCUT2D eigenvalue weighted by atomic mass is 16.5. The van der Waals surface area contributed by atoms with Gasteiger partial charge in [0.1, 0.15) is 0 Å². The minimum atomic E-state index is -0.304. The molecule has 0 bridgehead atoms. The van der Waals surface area contributed by atoms with Crippen molar-refractivity contribution in [3.05, 3.63) is 65.7 Å². The first-order chi connectivity index (χ1) is 13.9. The van der Waals surface area contributed by atoms with Crippen molar-refractivity contribution in [1.82, 2.24) is 4.90 Å². The van der Waals surface area contributed by atoms with Crippen LogP contribution >= 0.6 is 0 Å². The lowest BCUT2D eigenvalue weighted by molar-refractivity contribution is -0.120. The Hall–Kier alpha value is -3.05. The van der Waals surface area contributed by atoms with Gasteiger partial charge in [0.05, 0.1) is 20.3 Å². The van der Waals surface area contributed by atoms with E-state index < -0.39 is 0 Å². The predicted molar refractivity (Wildman–Crippen MR) is 118 cm³/mol. The number of hydrogen-bond donors (Lipinski definition) is 1. The van der Waals surface area contributed by atoms with E-state index in [4.69, 9.17) is 9.47 Å². The normalized spacial score (nSPS) is 12.1. The molecule has 0 aliphatic carbocycles.